The maximum absolute atomic E-state index is 11.8. The van der Waals surface area contributed by atoms with Crippen LogP contribution in [0.4, 0.5) is 0 Å². The lowest BCUT2D eigenvalue weighted by atomic mass is 10.1. The van der Waals surface area contributed by atoms with Crippen molar-refractivity contribution < 1.29 is 24.2 Å². The zero-order valence-corrected chi connectivity index (χ0v) is 11.5. The molecule has 0 saturated carbocycles. The van der Waals surface area contributed by atoms with Gasteiger partial charge in [-0.2, -0.15) is 0 Å². The zero-order valence-electron chi connectivity index (χ0n) is 10.8. The normalized spacial score (nSPS) is 11.5. The Morgan fingerprint density at radius 3 is 2.40 bits per heavy atom. The number of nitrogens with one attached hydrogen (secondary N) is 1. The first-order chi connectivity index (χ1) is 9.43. The van der Waals surface area contributed by atoms with Crippen LogP contribution >= 0.6 is 11.6 Å². The van der Waals surface area contributed by atoms with Crippen LogP contribution in [0.25, 0.3) is 0 Å². The van der Waals surface area contributed by atoms with Crippen molar-refractivity contribution in [2.24, 2.45) is 0 Å². The summed E-state index contributed by atoms with van der Waals surface area (Å²) >= 11 is 5.69. The molecule has 0 heterocycles. The molecule has 0 spiro atoms. The van der Waals surface area contributed by atoms with Crippen LogP contribution in [0.1, 0.15) is 23.7 Å². The minimum Gasteiger partial charge on any atom is -0.480 e. The second kappa shape index (κ2) is 7.49. The molecule has 6 nitrogen and oxygen atoms in total. The Bertz CT molecular complexity index is 500. The third kappa shape index (κ3) is 4.89. The molecule has 0 unspecified atom stereocenters. The van der Waals surface area contributed by atoms with Gasteiger partial charge in [0.05, 0.1) is 13.0 Å². The van der Waals surface area contributed by atoms with Crippen LogP contribution < -0.4 is 5.32 Å². The third-order valence-corrected chi connectivity index (χ3v) is 2.64. The summed E-state index contributed by atoms with van der Waals surface area (Å²) in [6.45, 7) is 1.76. The van der Waals surface area contributed by atoms with Crippen molar-refractivity contribution in [3.63, 3.8) is 0 Å². The van der Waals surface area contributed by atoms with Crippen molar-refractivity contribution in [2.45, 2.75) is 19.4 Å². The Hall–Kier alpha value is -2.08. The molecule has 0 aromatic heterocycles. The van der Waals surface area contributed by atoms with E-state index in [1.807, 2.05) is 0 Å². The lowest BCUT2D eigenvalue weighted by Crippen LogP contribution is -2.42. The second-order valence-electron chi connectivity index (χ2n) is 3.88. The zero-order chi connectivity index (χ0) is 15.1. The smallest absolute Gasteiger partial charge is 0.326 e. The van der Waals surface area contributed by atoms with Gasteiger partial charge in [-0.1, -0.05) is 11.6 Å². The number of halogens is 1. The van der Waals surface area contributed by atoms with Crippen LogP contribution in [0.3, 0.4) is 0 Å². The van der Waals surface area contributed by atoms with E-state index < -0.39 is 30.3 Å². The van der Waals surface area contributed by atoms with Gasteiger partial charge in [-0.3, -0.25) is 9.59 Å². The second-order valence-corrected chi connectivity index (χ2v) is 4.32. The average molecular weight is 300 g/mol. The fraction of sp³-hybridized carbons (Fsp3) is 0.308. The molecule has 1 rings (SSSR count). The van der Waals surface area contributed by atoms with Crippen LogP contribution in [0.2, 0.25) is 5.02 Å². The maximum atomic E-state index is 11.8. The molecule has 0 fully saturated rings. The van der Waals surface area contributed by atoms with Crippen LogP contribution in [-0.4, -0.2) is 35.6 Å². The lowest BCUT2D eigenvalue weighted by Gasteiger charge is -2.13. The fourth-order valence-corrected chi connectivity index (χ4v) is 1.56. The molecule has 7 heteroatoms. The third-order valence-electron chi connectivity index (χ3n) is 2.39. The van der Waals surface area contributed by atoms with Crippen molar-refractivity contribution in [2.75, 3.05) is 6.61 Å². The Kier molecular flexibility index (Phi) is 5.99. The Morgan fingerprint density at radius 1 is 1.30 bits per heavy atom. The molecule has 0 radical (unpaired) electrons. The highest BCUT2D eigenvalue weighted by molar-refractivity contribution is 6.30. The molecular formula is C13H14ClNO5. The molecule has 0 aliphatic carbocycles. The van der Waals surface area contributed by atoms with E-state index in [1.54, 1.807) is 6.92 Å². The largest absolute Gasteiger partial charge is 0.480 e. The van der Waals surface area contributed by atoms with E-state index in [9.17, 15) is 14.4 Å². The molecule has 20 heavy (non-hydrogen) atoms. The number of carbonyl (C=O) groups excluding carboxylic acids is 2. The molecular weight excluding hydrogens is 286 g/mol. The van der Waals surface area contributed by atoms with E-state index >= 15 is 0 Å². The average Bonchev–Trinajstić information content (AvgIpc) is 2.38. The molecule has 1 aromatic rings. The van der Waals surface area contributed by atoms with Crippen LogP contribution in [0.15, 0.2) is 24.3 Å². The van der Waals surface area contributed by atoms with Crippen molar-refractivity contribution in [3.05, 3.63) is 34.9 Å². The molecule has 1 aromatic carbocycles. The SMILES string of the molecule is CCOC(=O)C[C@@H](NC(=O)c1ccc(Cl)cc1)C(=O)O. The lowest BCUT2D eigenvalue weighted by molar-refractivity contribution is -0.149. The van der Waals surface area contributed by atoms with Crippen molar-refractivity contribution >= 4 is 29.4 Å². The minimum atomic E-state index is -1.34. The number of ether oxygens (including phenoxy) is 1. The quantitative estimate of drug-likeness (QED) is 0.776. The fourth-order valence-electron chi connectivity index (χ4n) is 1.43. The highest BCUT2D eigenvalue weighted by Crippen LogP contribution is 2.10. The standard InChI is InChI=1S/C13H14ClNO5/c1-2-20-11(16)7-10(13(18)19)15-12(17)8-3-5-9(14)6-4-8/h3-6,10H,2,7H2,1H3,(H,15,17)(H,18,19)/t10-/m1/s1. The van der Waals surface area contributed by atoms with Gasteiger partial charge in [0.25, 0.3) is 5.91 Å². The van der Waals surface area contributed by atoms with Gasteiger partial charge < -0.3 is 15.2 Å². The van der Waals surface area contributed by atoms with Gasteiger partial charge in [0.1, 0.15) is 6.04 Å². The summed E-state index contributed by atoms with van der Waals surface area (Å²) in [7, 11) is 0. The van der Waals surface area contributed by atoms with Gasteiger partial charge >= 0.3 is 11.9 Å². The predicted octanol–water partition coefficient (Wildman–Crippen LogP) is 1.48. The highest BCUT2D eigenvalue weighted by Gasteiger charge is 2.24. The summed E-state index contributed by atoms with van der Waals surface area (Å²) in [5.74, 6) is -2.59. The number of hydrogen-bond donors (Lipinski definition) is 2. The Morgan fingerprint density at radius 2 is 1.90 bits per heavy atom. The van der Waals surface area contributed by atoms with Gasteiger partial charge in [-0.25, -0.2) is 4.79 Å². The van der Waals surface area contributed by atoms with Gasteiger partial charge in [0.2, 0.25) is 0 Å². The molecule has 2 N–H and O–H groups in total. The summed E-state index contributed by atoms with van der Waals surface area (Å²) in [6, 6.07) is 4.61. The van der Waals surface area contributed by atoms with E-state index in [2.05, 4.69) is 10.1 Å². The number of carboxylic acid groups (broad SMARTS) is 1. The number of rotatable bonds is 6. The van der Waals surface area contributed by atoms with Gasteiger partial charge in [-0.05, 0) is 31.2 Å². The van der Waals surface area contributed by atoms with Crippen LogP contribution in [0, 0.1) is 0 Å². The van der Waals surface area contributed by atoms with E-state index in [-0.39, 0.29) is 12.2 Å². The van der Waals surface area contributed by atoms with E-state index in [0.29, 0.717) is 5.02 Å². The van der Waals surface area contributed by atoms with E-state index in [0.717, 1.165) is 0 Å². The monoisotopic (exact) mass is 299 g/mol. The Balaban J connectivity index is 2.70. The summed E-state index contributed by atoms with van der Waals surface area (Å²) < 4.78 is 4.65. The van der Waals surface area contributed by atoms with Crippen molar-refractivity contribution in [1.29, 1.82) is 0 Å². The number of amides is 1. The number of aliphatic carboxylic acids is 1. The molecule has 0 aliphatic rings. The van der Waals surface area contributed by atoms with Gasteiger partial charge in [0, 0.05) is 10.6 Å². The predicted molar refractivity (Wildman–Crippen MR) is 71.6 cm³/mol. The first kappa shape index (κ1) is 16.0. The molecule has 0 aliphatic heterocycles. The van der Waals surface area contributed by atoms with Gasteiger partial charge in [-0.15, -0.1) is 0 Å². The first-order valence-electron chi connectivity index (χ1n) is 5.89. The van der Waals surface area contributed by atoms with Crippen LogP contribution in [-0.2, 0) is 14.3 Å². The summed E-state index contributed by atoms with van der Waals surface area (Å²) in [5.41, 5.74) is 0.254. The number of carbonyl (C=O) groups is 3. The molecule has 108 valence electrons. The maximum Gasteiger partial charge on any atom is 0.326 e. The summed E-state index contributed by atoms with van der Waals surface area (Å²) in [5, 5.41) is 11.7. The summed E-state index contributed by atoms with van der Waals surface area (Å²) in [6.07, 6.45) is -0.428. The molecule has 1 amide bonds. The Labute approximate surface area is 120 Å². The number of carboxylic acids is 1. The topological polar surface area (TPSA) is 92.7 Å². The van der Waals surface area contributed by atoms with Crippen LogP contribution in [0.5, 0.6) is 0 Å². The molecule has 1 atom stereocenters. The van der Waals surface area contributed by atoms with Crippen molar-refractivity contribution in [3.8, 4) is 0 Å². The minimum absolute atomic E-state index is 0.149. The molecule has 0 saturated heterocycles. The number of hydrogen-bond acceptors (Lipinski definition) is 4. The first-order valence-corrected chi connectivity index (χ1v) is 6.26. The number of benzene rings is 1. The highest BCUT2D eigenvalue weighted by atomic mass is 35.5. The van der Waals surface area contributed by atoms with Gasteiger partial charge in [0.15, 0.2) is 0 Å². The summed E-state index contributed by atoms with van der Waals surface area (Å²) in [4.78, 5) is 34.1. The number of esters is 1. The molecule has 0 bridgehead atoms. The van der Waals surface area contributed by atoms with E-state index in [4.69, 9.17) is 16.7 Å². The van der Waals surface area contributed by atoms with Crippen molar-refractivity contribution in [1.82, 2.24) is 5.32 Å². The van der Waals surface area contributed by atoms with E-state index in [1.165, 1.54) is 24.3 Å².